The maximum Gasteiger partial charge on any atom is 0.284 e. The number of Topliss-reactive ketones (excluding diaryl/α,β-unsaturated/α-hetero) is 1. The molecule has 16 heavy (non-hydrogen) atoms. The third-order valence-corrected chi connectivity index (χ3v) is 2.17. The van der Waals surface area contributed by atoms with Gasteiger partial charge in [-0.1, -0.05) is 19.0 Å². The fourth-order valence-corrected chi connectivity index (χ4v) is 1.11. The number of nitrogens with two attached hydrogens (primary N) is 1. The van der Waals surface area contributed by atoms with Crippen LogP contribution in [0.4, 0.5) is 0 Å². The summed E-state index contributed by atoms with van der Waals surface area (Å²) < 4.78 is 4.99. The standard InChI is InChI=1S/C9H14N4O3/c1-5-11-12-7(16-5)6(14)4-9(2,3)8(10)13-15/h15H,4H2,1-3H3,(H2,10,13). The molecule has 0 aliphatic heterocycles. The van der Waals surface area contributed by atoms with Gasteiger partial charge in [0.15, 0.2) is 0 Å². The Balaban J connectivity index is 2.79. The summed E-state index contributed by atoms with van der Waals surface area (Å²) in [5, 5.41) is 18.6. The zero-order valence-electron chi connectivity index (χ0n) is 9.39. The van der Waals surface area contributed by atoms with E-state index in [0.29, 0.717) is 5.89 Å². The van der Waals surface area contributed by atoms with E-state index in [4.69, 9.17) is 15.4 Å². The molecule has 1 rings (SSSR count). The van der Waals surface area contributed by atoms with Crippen molar-refractivity contribution in [2.75, 3.05) is 0 Å². The number of amidine groups is 1. The predicted molar refractivity (Wildman–Crippen MR) is 55.2 cm³/mol. The van der Waals surface area contributed by atoms with Crippen LogP contribution in [0, 0.1) is 12.3 Å². The van der Waals surface area contributed by atoms with Crippen molar-refractivity contribution in [2.45, 2.75) is 27.2 Å². The second-order valence-corrected chi connectivity index (χ2v) is 4.10. The summed E-state index contributed by atoms with van der Waals surface area (Å²) in [4.78, 5) is 11.7. The van der Waals surface area contributed by atoms with E-state index in [0.717, 1.165) is 0 Å². The predicted octanol–water partition coefficient (Wildman–Crippen LogP) is 0.723. The smallest absolute Gasteiger partial charge is 0.284 e. The van der Waals surface area contributed by atoms with Gasteiger partial charge >= 0.3 is 0 Å². The molecule has 0 atom stereocenters. The lowest BCUT2D eigenvalue weighted by Gasteiger charge is -2.20. The lowest BCUT2D eigenvalue weighted by Crippen LogP contribution is -2.34. The van der Waals surface area contributed by atoms with E-state index >= 15 is 0 Å². The maximum absolute atomic E-state index is 11.7. The minimum atomic E-state index is -0.756. The number of aromatic nitrogens is 2. The molecule has 0 amide bonds. The van der Waals surface area contributed by atoms with Crippen LogP contribution < -0.4 is 5.73 Å². The summed E-state index contributed by atoms with van der Waals surface area (Å²) in [7, 11) is 0. The van der Waals surface area contributed by atoms with Crippen LogP contribution in [0.25, 0.3) is 0 Å². The van der Waals surface area contributed by atoms with Crippen molar-refractivity contribution in [3.8, 4) is 0 Å². The third-order valence-electron chi connectivity index (χ3n) is 2.17. The van der Waals surface area contributed by atoms with Gasteiger partial charge in [0.05, 0.1) is 0 Å². The van der Waals surface area contributed by atoms with Crippen LogP contribution in [0.1, 0.15) is 36.8 Å². The molecule has 3 N–H and O–H groups in total. The molecule has 0 aliphatic rings. The summed E-state index contributed by atoms with van der Waals surface area (Å²) in [5.41, 5.74) is 4.71. The molecule has 0 unspecified atom stereocenters. The number of ketones is 1. The van der Waals surface area contributed by atoms with E-state index in [2.05, 4.69) is 15.4 Å². The zero-order valence-corrected chi connectivity index (χ0v) is 9.39. The molecule has 1 aromatic rings. The molecule has 0 saturated carbocycles. The van der Waals surface area contributed by atoms with Crippen molar-refractivity contribution in [3.63, 3.8) is 0 Å². The van der Waals surface area contributed by atoms with Crippen molar-refractivity contribution in [1.82, 2.24) is 10.2 Å². The lowest BCUT2D eigenvalue weighted by molar-refractivity contribution is 0.0918. The fourth-order valence-electron chi connectivity index (χ4n) is 1.11. The van der Waals surface area contributed by atoms with E-state index in [1.54, 1.807) is 20.8 Å². The molecular formula is C9H14N4O3. The van der Waals surface area contributed by atoms with Gasteiger partial charge in [0.1, 0.15) is 5.84 Å². The molecule has 0 aliphatic carbocycles. The summed E-state index contributed by atoms with van der Waals surface area (Å²) in [6.07, 6.45) is 0.0323. The van der Waals surface area contributed by atoms with Gasteiger partial charge in [0, 0.05) is 18.8 Å². The Kier molecular flexibility index (Phi) is 3.26. The molecule has 7 nitrogen and oxygen atoms in total. The quantitative estimate of drug-likeness (QED) is 0.257. The Morgan fingerprint density at radius 2 is 2.19 bits per heavy atom. The van der Waals surface area contributed by atoms with Gasteiger partial charge in [0.2, 0.25) is 11.7 Å². The van der Waals surface area contributed by atoms with Crippen LogP contribution in [0.15, 0.2) is 9.57 Å². The van der Waals surface area contributed by atoms with Gasteiger partial charge in [-0.3, -0.25) is 4.79 Å². The number of rotatable bonds is 4. The highest BCUT2D eigenvalue weighted by molar-refractivity contribution is 5.97. The van der Waals surface area contributed by atoms with Crippen LogP contribution in [0.5, 0.6) is 0 Å². The monoisotopic (exact) mass is 226 g/mol. The first kappa shape index (κ1) is 12.2. The normalized spacial score (nSPS) is 12.8. The number of aryl methyl sites for hydroxylation is 1. The van der Waals surface area contributed by atoms with Gasteiger partial charge in [-0.25, -0.2) is 0 Å². The van der Waals surface area contributed by atoms with Crippen molar-refractivity contribution in [1.29, 1.82) is 0 Å². The molecule has 0 spiro atoms. The van der Waals surface area contributed by atoms with Crippen LogP contribution >= 0.6 is 0 Å². The Hall–Kier alpha value is -1.92. The number of carbonyl (C=O) groups excluding carboxylic acids is 1. The highest BCUT2D eigenvalue weighted by atomic mass is 16.4. The van der Waals surface area contributed by atoms with Crippen LogP contribution in [0.3, 0.4) is 0 Å². The second kappa shape index (κ2) is 4.30. The zero-order chi connectivity index (χ0) is 12.3. The summed E-state index contributed by atoms with van der Waals surface area (Å²) in [5.74, 6) is -0.0874. The molecule has 0 fully saturated rings. The Labute approximate surface area is 92.3 Å². The molecule has 7 heteroatoms. The van der Waals surface area contributed by atoms with Crippen molar-refractivity contribution < 1.29 is 14.4 Å². The van der Waals surface area contributed by atoms with Crippen LogP contribution in [-0.2, 0) is 0 Å². The highest BCUT2D eigenvalue weighted by Crippen LogP contribution is 2.22. The topological polar surface area (TPSA) is 115 Å². The van der Waals surface area contributed by atoms with E-state index in [1.807, 2.05) is 0 Å². The van der Waals surface area contributed by atoms with E-state index in [-0.39, 0.29) is 23.9 Å². The SMILES string of the molecule is Cc1nnc(C(=O)CC(C)(C)/C(N)=N/O)o1. The molecule has 1 heterocycles. The molecule has 88 valence electrons. The molecule has 0 saturated heterocycles. The molecule has 1 aromatic heterocycles. The Bertz CT molecular complexity index is 422. The first-order chi connectivity index (χ1) is 7.36. The molecule has 0 aromatic carbocycles. The van der Waals surface area contributed by atoms with Crippen LogP contribution in [-0.4, -0.2) is 27.0 Å². The van der Waals surface area contributed by atoms with Gasteiger partial charge in [-0.2, -0.15) is 0 Å². The maximum atomic E-state index is 11.7. The molecular weight excluding hydrogens is 212 g/mol. The molecule has 0 radical (unpaired) electrons. The first-order valence-corrected chi connectivity index (χ1v) is 4.68. The minimum Gasteiger partial charge on any atom is -0.419 e. The van der Waals surface area contributed by atoms with Crippen molar-refractivity contribution in [2.24, 2.45) is 16.3 Å². The second-order valence-electron chi connectivity index (χ2n) is 4.10. The van der Waals surface area contributed by atoms with Gasteiger partial charge in [-0.15, -0.1) is 10.2 Å². The largest absolute Gasteiger partial charge is 0.419 e. The summed E-state index contributed by atoms with van der Waals surface area (Å²) in [6.45, 7) is 4.96. The van der Waals surface area contributed by atoms with Crippen molar-refractivity contribution in [3.05, 3.63) is 11.8 Å². The lowest BCUT2D eigenvalue weighted by atomic mass is 9.86. The first-order valence-electron chi connectivity index (χ1n) is 4.68. The van der Waals surface area contributed by atoms with E-state index in [1.165, 1.54) is 0 Å². The molecule has 0 bridgehead atoms. The summed E-state index contributed by atoms with van der Waals surface area (Å²) >= 11 is 0. The van der Waals surface area contributed by atoms with Gasteiger partial charge < -0.3 is 15.4 Å². The van der Waals surface area contributed by atoms with E-state index < -0.39 is 5.41 Å². The minimum absolute atomic E-state index is 0.0166. The average Bonchev–Trinajstić information content (AvgIpc) is 2.63. The number of hydrogen-bond acceptors (Lipinski definition) is 6. The number of nitrogens with zero attached hydrogens (tertiary/aromatic N) is 3. The highest BCUT2D eigenvalue weighted by Gasteiger charge is 2.29. The van der Waals surface area contributed by atoms with Crippen molar-refractivity contribution >= 4 is 11.6 Å². The number of carbonyl (C=O) groups is 1. The fraction of sp³-hybridized carbons (Fsp3) is 0.556. The van der Waals surface area contributed by atoms with E-state index in [9.17, 15) is 4.79 Å². The van der Waals surface area contributed by atoms with Gasteiger partial charge in [0.25, 0.3) is 5.89 Å². The Morgan fingerprint density at radius 3 is 2.62 bits per heavy atom. The van der Waals surface area contributed by atoms with Crippen LogP contribution in [0.2, 0.25) is 0 Å². The number of oxime groups is 1. The Morgan fingerprint density at radius 1 is 1.56 bits per heavy atom. The number of hydrogen-bond donors (Lipinski definition) is 2. The van der Waals surface area contributed by atoms with Gasteiger partial charge in [-0.05, 0) is 0 Å². The third kappa shape index (κ3) is 2.56. The summed E-state index contributed by atoms with van der Waals surface area (Å²) in [6, 6.07) is 0. The average molecular weight is 226 g/mol.